The Hall–Kier alpha value is -2.46. The van der Waals surface area contributed by atoms with E-state index < -0.39 is 11.7 Å². The number of nitrogens with zero attached hydrogens (tertiary/aromatic N) is 2. The van der Waals surface area contributed by atoms with Gasteiger partial charge in [0, 0.05) is 12.2 Å². The highest BCUT2D eigenvalue weighted by atomic mass is 19.4. The summed E-state index contributed by atoms with van der Waals surface area (Å²) in [7, 11) is 0. The molecule has 1 aromatic carbocycles. The number of benzene rings is 1. The molecule has 7 heteroatoms. The Kier molecular flexibility index (Phi) is 5.00. The van der Waals surface area contributed by atoms with Crippen LogP contribution in [0, 0.1) is 11.3 Å². The van der Waals surface area contributed by atoms with Gasteiger partial charge in [-0.3, -0.25) is 4.90 Å². The first-order chi connectivity index (χ1) is 12.0. The number of nitriles is 1. The summed E-state index contributed by atoms with van der Waals surface area (Å²) >= 11 is 0. The van der Waals surface area contributed by atoms with E-state index in [0.717, 1.165) is 37.8 Å². The molecule has 1 aromatic heterocycles. The van der Waals surface area contributed by atoms with Crippen LogP contribution in [0.3, 0.4) is 0 Å². The molecule has 1 aliphatic rings. The van der Waals surface area contributed by atoms with Gasteiger partial charge >= 0.3 is 6.18 Å². The molecule has 1 N–H and O–H groups in total. The van der Waals surface area contributed by atoms with E-state index in [1.54, 1.807) is 12.3 Å². The Balaban J connectivity index is 1.78. The largest absolute Gasteiger partial charge is 0.468 e. The van der Waals surface area contributed by atoms with E-state index >= 15 is 0 Å². The lowest BCUT2D eigenvalue weighted by atomic mass is 10.1. The third kappa shape index (κ3) is 3.97. The van der Waals surface area contributed by atoms with Crippen LogP contribution < -0.4 is 5.32 Å². The molecule has 1 atom stereocenters. The van der Waals surface area contributed by atoms with E-state index in [4.69, 9.17) is 9.68 Å². The predicted octanol–water partition coefficient (Wildman–Crippen LogP) is 4.42. The second-order valence-corrected chi connectivity index (χ2v) is 6.03. The van der Waals surface area contributed by atoms with Crippen molar-refractivity contribution in [2.75, 3.05) is 25.0 Å². The lowest BCUT2D eigenvalue weighted by Gasteiger charge is -2.26. The predicted molar refractivity (Wildman–Crippen MR) is 86.9 cm³/mol. The fraction of sp³-hybridized carbons (Fsp3) is 0.389. The number of anilines is 1. The van der Waals surface area contributed by atoms with Gasteiger partial charge in [-0.25, -0.2) is 0 Å². The normalized spacial score (nSPS) is 16.6. The molecule has 25 heavy (non-hydrogen) atoms. The first-order valence-corrected chi connectivity index (χ1v) is 8.11. The van der Waals surface area contributed by atoms with Gasteiger partial charge in [0.25, 0.3) is 0 Å². The highest BCUT2D eigenvalue weighted by Gasteiger charge is 2.34. The average Bonchev–Trinajstić information content (AvgIpc) is 3.28. The van der Waals surface area contributed by atoms with Gasteiger partial charge in [-0.1, -0.05) is 0 Å². The SMILES string of the molecule is N#Cc1ccc(NCC(c2ccco2)N2CCCC2)cc1C(F)(F)F. The smallest absolute Gasteiger partial charge is 0.417 e. The average molecular weight is 349 g/mol. The van der Waals surface area contributed by atoms with E-state index in [9.17, 15) is 13.2 Å². The van der Waals surface area contributed by atoms with Crippen molar-refractivity contribution in [1.29, 1.82) is 5.26 Å². The van der Waals surface area contributed by atoms with E-state index in [1.165, 1.54) is 12.1 Å². The van der Waals surface area contributed by atoms with Crippen molar-refractivity contribution in [1.82, 2.24) is 4.90 Å². The summed E-state index contributed by atoms with van der Waals surface area (Å²) in [4.78, 5) is 2.26. The lowest BCUT2D eigenvalue weighted by molar-refractivity contribution is -0.137. The maximum Gasteiger partial charge on any atom is 0.417 e. The van der Waals surface area contributed by atoms with Crippen LogP contribution in [-0.2, 0) is 6.18 Å². The van der Waals surface area contributed by atoms with Gasteiger partial charge in [-0.2, -0.15) is 18.4 Å². The van der Waals surface area contributed by atoms with Crippen LogP contribution in [0.5, 0.6) is 0 Å². The number of rotatable bonds is 5. The molecule has 0 bridgehead atoms. The van der Waals surface area contributed by atoms with Crippen LogP contribution in [0.15, 0.2) is 41.0 Å². The van der Waals surface area contributed by atoms with Crippen molar-refractivity contribution in [3.63, 3.8) is 0 Å². The van der Waals surface area contributed by atoms with Gasteiger partial charge < -0.3 is 9.73 Å². The van der Waals surface area contributed by atoms with Gasteiger partial charge in [0.05, 0.1) is 29.5 Å². The molecule has 0 amide bonds. The number of halogens is 3. The second kappa shape index (κ2) is 7.19. The minimum absolute atomic E-state index is 0.0394. The summed E-state index contributed by atoms with van der Waals surface area (Å²) in [6.45, 7) is 2.30. The fourth-order valence-corrected chi connectivity index (χ4v) is 3.14. The molecule has 1 saturated heterocycles. The van der Waals surface area contributed by atoms with Gasteiger partial charge in [0.15, 0.2) is 0 Å². The van der Waals surface area contributed by atoms with Crippen molar-refractivity contribution in [2.24, 2.45) is 0 Å². The maximum absolute atomic E-state index is 13.1. The summed E-state index contributed by atoms with van der Waals surface area (Å²) in [5.41, 5.74) is -0.960. The number of hydrogen-bond donors (Lipinski definition) is 1. The molecule has 2 heterocycles. The summed E-state index contributed by atoms with van der Waals surface area (Å²) < 4.78 is 44.7. The van der Waals surface area contributed by atoms with Crippen molar-refractivity contribution in [2.45, 2.75) is 25.1 Å². The summed E-state index contributed by atoms with van der Waals surface area (Å²) in [6.07, 6.45) is -0.751. The topological polar surface area (TPSA) is 52.2 Å². The standard InChI is InChI=1S/C18H18F3N3O/c19-18(20,21)15-10-14(6-5-13(15)11-22)23-12-16(17-4-3-9-25-17)24-7-1-2-8-24/h3-6,9-10,16,23H,1-2,7-8,12H2. The van der Waals surface area contributed by atoms with Crippen LogP contribution in [0.2, 0.25) is 0 Å². The first kappa shape index (κ1) is 17.4. The molecule has 0 aliphatic carbocycles. The molecule has 0 radical (unpaired) electrons. The maximum atomic E-state index is 13.1. The molecule has 4 nitrogen and oxygen atoms in total. The lowest BCUT2D eigenvalue weighted by Crippen LogP contribution is -2.30. The number of alkyl halides is 3. The third-order valence-corrected chi connectivity index (χ3v) is 4.40. The molecule has 0 spiro atoms. The Morgan fingerprint density at radius 2 is 2.00 bits per heavy atom. The molecular formula is C18H18F3N3O. The monoisotopic (exact) mass is 349 g/mol. The minimum Gasteiger partial charge on any atom is -0.468 e. The van der Waals surface area contributed by atoms with Crippen molar-refractivity contribution >= 4 is 5.69 Å². The van der Waals surface area contributed by atoms with Crippen LogP contribution in [0.25, 0.3) is 0 Å². The number of nitrogens with one attached hydrogen (secondary N) is 1. The molecule has 132 valence electrons. The highest BCUT2D eigenvalue weighted by molar-refractivity contribution is 5.53. The Morgan fingerprint density at radius 3 is 2.60 bits per heavy atom. The Morgan fingerprint density at radius 1 is 1.24 bits per heavy atom. The molecule has 3 rings (SSSR count). The van der Waals surface area contributed by atoms with E-state index in [0.29, 0.717) is 12.2 Å². The zero-order valence-corrected chi connectivity index (χ0v) is 13.5. The van der Waals surface area contributed by atoms with Crippen molar-refractivity contribution in [3.05, 3.63) is 53.5 Å². The van der Waals surface area contributed by atoms with Crippen molar-refractivity contribution in [3.8, 4) is 6.07 Å². The molecule has 0 saturated carbocycles. The number of furan rings is 1. The number of likely N-dealkylation sites (tertiary alicyclic amines) is 1. The van der Waals surface area contributed by atoms with Crippen LogP contribution >= 0.6 is 0 Å². The molecule has 2 aromatic rings. The molecular weight excluding hydrogens is 331 g/mol. The zero-order chi connectivity index (χ0) is 17.9. The fourth-order valence-electron chi connectivity index (χ4n) is 3.14. The summed E-state index contributed by atoms with van der Waals surface area (Å²) in [6, 6.07) is 8.92. The Bertz CT molecular complexity index is 744. The first-order valence-electron chi connectivity index (χ1n) is 8.11. The quantitative estimate of drug-likeness (QED) is 0.868. The Labute approximate surface area is 143 Å². The minimum atomic E-state index is -4.56. The zero-order valence-electron chi connectivity index (χ0n) is 13.5. The van der Waals surface area contributed by atoms with Crippen LogP contribution in [-0.4, -0.2) is 24.5 Å². The molecule has 1 unspecified atom stereocenters. The van der Waals surface area contributed by atoms with Crippen LogP contribution in [0.4, 0.5) is 18.9 Å². The van der Waals surface area contributed by atoms with Gasteiger partial charge in [0.2, 0.25) is 0 Å². The van der Waals surface area contributed by atoms with Gasteiger partial charge in [0.1, 0.15) is 5.76 Å². The summed E-state index contributed by atoms with van der Waals surface area (Å²) in [5.74, 6) is 0.791. The van der Waals surface area contributed by atoms with Crippen molar-refractivity contribution < 1.29 is 17.6 Å². The summed E-state index contributed by atoms with van der Waals surface area (Å²) in [5, 5.41) is 11.9. The second-order valence-electron chi connectivity index (χ2n) is 6.03. The van der Waals surface area contributed by atoms with E-state index in [2.05, 4.69) is 10.2 Å². The van der Waals surface area contributed by atoms with E-state index in [1.807, 2.05) is 12.1 Å². The molecule has 1 aliphatic heterocycles. The van der Waals surface area contributed by atoms with Crippen LogP contribution in [0.1, 0.15) is 35.8 Å². The number of hydrogen-bond acceptors (Lipinski definition) is 4. The van der Waals surface area contributed by atoms with Gasteiger partial charge in [-0.15, -0.1) is 0 Å². The van der Waals surface area contributed by atoms with Gasteiger partial charge in [-0.05, 0) is 56.3 Å². The third-order valence-electron chi connectivity index (χ3n) is 4.40. The molecule has 1 fully saturated rings. The highest BCUT2D eigenvalue weighted by Crippen LogP contribution is 2.34. The van der Waals surface area contributed by atoms with E-state index in [-0.39, 0.29) is 11.6 Å².